The van der Waals surface area contributed by atoms with E-state index in [2.05, 4.69) is 10.2 Å². The Bertz CT molecular complexity index is 525. The van der Waals surface area contributed by atoms with Crippen LogP contribution in [0.2, 0.25) is 0 Å². The van der Waals surface area contributed by atoms with E-state index in [-0.39, 0.29) is 6.54 Å². The maximum absolute atomic E-state index is 12.2. The summed E-state index contributed by atoms with van der Waals surface area (Å²) in [5.41, 5.74) is 1.12. The fourth-order valence-corrected chi connectivity index (χ4v) is 2.46. The van der Waals surface area contributed by atoms with Gasteiger partial charge in [0.15, 0.2) is 6.10 Å². The molecule has 1 fully saturated rings. The number of hydrogen-bond acceptors (Lipinski definition) is 4. The lowest BCUT2D eigenvalue weighted by molar-refractivity contribution is -0.205. The lowest BCUT2D eigenvalue weighted by atomic mass is 10.2. The Morgan fingerprint density at radius 3 is 2.75 bits per heavy atom. The highest BCUT2D eigenvalue weighted by molar-refractivity contribution is 5.81. The van der Waals surface area contributed by atoms with Crippen molar-refractivity contribution in [3.63, 3.8) is 0 Å². The van der Waals surface area contributed by atoms with E-state index in [0.29, 0.717) is 26.2 Å². The Morgan fingerprint density at radius 2 is 2.08 bits per heavy atom. The number of hydrogen-bond donors (Lipinski definition) is 2. The maximum Gasteiger partial charge on any atom is 0.414 e. The quantitative estimate of drug-likeness (QED) is 0.816. The van der Waals surface area contributed by atoms with Crippen LogP contribution in [0.5, 0.6) is 0 Å². The molecule has 0 aromatic heterocycles. The summed E-state index contributed by atoms with van der Waals surface area (Å²) in [7, 11) is 0. The number of nitrogens with one attached hydrogen (secondary N) is 1. The molecule has 1 aliphatic rings. The molecule has 0 spiro atoms. The number of aliphatic hydroxyl groups is 1. The Morgan fingerprint density at radius 1 is 1.38 bits per heavy atom. The summed E-state index contributed by atoms with van der Waals surface area (Å²) in [6.07, 6.45) is -8.39. The third-order valence-corrected chi connectivity index (χ3v) is 3.79. The van der Waals surface area contributed by atoms with Crippen LogP contribution in [0, 0.1) is 0 Å². The molecule has 0 saturated carbocycles. The van der Waals surface area contributed by atoms with Gasteiger partial charge >= 0.3 is 6.18 Å². The van der Waals surface area contributed by atoms with Gasteiger partial charge in [-0.25, -0.2) is 0 Å². The van der Waals surface area contributed by atoms with E-state index in [1.54, 1.807) is 0 Å². The lowest BCUT2D eigenvalue weighted by Crippen LogP contribution is -2.50. The van der Waals surface area contributed by atoms with Crippen molar-refractivity contribution in [2.24, 2.45) is 0 Å². The molecule has 24 heavy (non-hydrogen) atoms. The Kier molecular flexibility index (Phi) is 6.59. The Labute approximate surface area is 138 Å². The third kappa shape index (κ3) is 5.77. The van der Waals surface area contributed by atoms with Gasteiger partial charge in [-0.3, -0.25) is 9.69 Å². The number of halogens is 3. The molecule has 134 valence electrons. The van der Waals surface area contributed by atoms with Gasteiger partial charge in [0.1, 0.15) is 6.10 Å². The first-order chi connectivity index (χ1) is 11.4. The molecule has 1 saturated heterocycles. The number of benzene rings is 1. The molecule has 1 heterocycles. The number of carbonyl (C=O) groups excluding carboxylic acids is 1. The second kappa shape index (κ2) is 8.46. The van der Waals surface area contributed by atoms with Crippen molar-refractivity contribution in [3.8, 4) is 0 Å². The number of morpholine rings is 1. The summed E-state index contributed by atoms with van der Waals surface area (Å²) < 4.78 is 42.0. The molecule has 2 rings (SSSR count). The van der Waals surface area contributed by atoms with E-state index in [1.165, 1.54) is 0 Å². The molecule has 1 aromatic carbocycles. The number of ether oxygens (including phenoxy) is 1. The predicted molar refractivity (Wildman–Crippen MR) is 81.1 cm³/mol. The van der Waals surface area contributed by atoms with Gasteiger partial charge in [0.25, 0.3) is 0 Å². The summed E-state index contributed by atoms with van der Waals surface area (Å²) in [5, 5.41) is 11.3. The smallest absolute Gasteiger partial charge is 0.384 e. The molecule has 0 bridgehead atoms. The average molecular weight is 346 g/mol. The van der Waals surface area contributed by atoms with Crippen LogP contribution in [-0.4, -0.2) is 60.5 Å². The van der Waals surface area contributed by atoms with Crippen LogP contribution in [0.15, 0.2) is 30.3 Å². The second-order valence-corrected chi connectivity index (χ2v) is 5.72. The van der Waals surface area contributed by atoms with E-state index < -0.39 is 30.7 Å². The van der Waals surface area contributed by atoms with E-state index >= 15 is 0 Å². The second-order valence-electron chi connectivity index (χ2n) is 5.72. The van der Waals surface area contributed by atoms with Crippen LogP contribution >= 0.6 is 0 Å². The fraction of sp³-hybridized carbons (Fsp3) is 0.562. The lowest BCUT2D eigenvalue weighted by Gasteiger charge is -2.32. The van der Waals surface area contributed by atoms with Gasteiger partial charge < -0.3 is 15.2 Å². The van der Waals surface area contributed by atoms with Crippen molar-refractivity contribution >= 4 is 5.91 Å². The van der Waals surface area contributed by atoms with Gasteiger partial charge in [0.2, 0.25) is 5.91 Å². The minimum absolute atomic E-state index is 0.252. The van der Waals surface area contributed by atoms with Gasteiger partial charge in [-0.15, -0.1) is 0 Å². The van der Waals surface area contributed by atoms with Crippen molar-refractivity contribution in [2.45, 2.75) is 31.3 Å². The van der Waals surface area contributed by atoms with Crippen molar-refractivity contribution in [1.29, 1.82) is 0 Å². The molecule has 0 unspecified atom stereocenters. The van der Waals surface area contributed by atoms with Crippen molar-refractivity contribution < 1.29 is 27.8 Å². The Balaban J connectivity index is 1.76. The highest BCUT2D eigenvalue weighted by atomic mass is 19.4. The van der Waals surface area contributed by atoms with Crippen molar-refractivity contribution in [1.82, 2.24) is 10.2 Å². The van der Waals surface area contributed by atoms with Crippen LogP contribution in [0.25, 0.3) is 0 Å². The van der Waals surface area contributed by atoms with Gasteiger partial charge in [-0.2, -0.15) is 13.2 Å². The molecule has 0 radical (unpaired) electrons. The summed E-state index contributed by atoms with van der Waals surface area (Å²) in [6, 6.07) is 9.78. The number of carbonyl (C=O) groups is 1. The van der Waals surface area contributed by atoms with Gasteiger partial charge in [0.05, 0.1) is 6.61 Å². The molecular formula is C16H21F3N2O3. The van der Waals surface area contributed by atoms with Gasteiger partial charge in [-0.1, -0.05) is 30.3 Å². The highest BCUT2D eigenvalue weighted by Gasteiger charge is 2.37. The van der Waals surface area contributed by atoms with Gasteiger partial charge in [-0.05, 0) is 12.0 Å². The van der Waals surface area contributed by atoms with E-state index in [1.807, 2.05) is 30.3 Å². The largest absolute Gasteiger partial charge is 0.414 e. The average Bonchev–Trinajstić information content (AvgIpc) is 2.55. The zero-order chi connectivity index (χ0) is 17.6. The molecule has 1 aromatic rings. The van der Waals surface area contributed by atoms with E-state index in [9.17, 15) is 18.0 Å². The van der Waals surface area contributed by atoms with Crippen LogP contribution in [0.4, 0.5) is 13.2 Å². The van der Waals surface area contributed by atoms with Crippen LogP contribution < -0.4 is 5.32 Å². The summed E-state index contributed by atoms with van der Waals surface area (Å²) in [5.74, 6) is -0.456. The number of aliphatic hydroxyl groups excluding tert-OH is 1. The third-order valence-electron chi connectivity index (χ3n) is 3.79. The molecule has 5 nitrogen and oxygen atoms in total. The summed E-state index contributed by atoms with van der Waals surface area (Å²) in [6.45, 7) is 1.88. The van der Waals surface area contributed by atoms with Crippen LogP contribution in [0.3, 0.4) is 0 Å². The summed E-state index contributed by atoms with van der Waals surface area (Å²) >= 11 is 0. The minimum Gasteiger partial charge on any atom is -0.384 e. The SMILES string of the molecule is O=C(NCC[C@H](O)C(F)(F)F)[C@H]1CN(Cc2ccccc2)CCO1. The molecule has 1 aliphatic heterocycles. The topological polar surface area (TPSA) is 61.8 Å². The molecule has 8 heteroatoms. The number of nitrogens with zero attached hydrogens (tertiary/aromatic N) is 1. The molecular weight excluding hydrogens is 325 g/mol. The molecule has 2 atom stereocenters. The molecule has 0 aliphatic carbocycles. The predicted octanol–water partition coefficient (Wildman–Crippen LogP) is 1.32. The first-order valence-electron chi connectivity index (χ1n) is 7.76. The van der Waals surface area contributed by atoms with Gasteiger partial charge in [0, 0.05) is 26.2 Å². The zero-order valence-electron chi connectivity index (χ0n) is 13.1. The number of alkyl halides is 3. The number of rotatable bonds is 6. The van der Waals surface area contributed by atoms with Crippen LogP contribution in [0.1, 0.15) is 12.0 Å². The molecule has 1 amide bonds. The normalized spacial score (nSPS) is 20.6. The summed E-state index contributed by atoms with van der Waals surface area (Å²) in [4.78, 5) is 14.1. The fourth-order valence-electron chi connectivity index (χ4n) is 2.46. The van der Waals surface area contributed by atoms with Crippen LogP contribution in [-0.2, 0) is 16.1 Å². The maximum atomic E-state index is 12.2. The van der Waals surface area contributed by atoms with E-state index in [0.717, 1.165) is 5.56 Å². The zero-order valence-corrected chi connectivity index (χ0v) is 13.1. The first-order valence-corrected chi connectivity index (χ1v) is 7.76. The van der Waals surface area contributed by atoms with Crippen molar-refractivity contribution in [2.75, 3.05) is 26.2 Å². The monoisotopic (exact) mass is 346 g/mol. The number of amides is 1. The first kappa shape index (κ1) is 18.7. The minimum atomic E-state index is -4.67. The molecule has 2 N–H and O–H groups in total. The standard InChI is InChI=1S/C16H21F3N2O3/c17-16(18,19)14(22)6-7-20-15(23)13-11-21(8-9-24-13)10-12-4-2-1-3-5-12/h1-5,13-14,22H,6-11H2,(H,20,23)/t13-,14+/m1/s1. The Hall–Kier alpha value is -1.64. The highest BCUT2D eigenvalue weighted by Crippen LogP contribution is 2.21. The van der Waals surface area contributed by atoms with E-state index in [4.69, 9.17) is 9.84 Å². The van der Waals surface area contributed by atoms with Crippen molar-refractivity contribution in [3.05, 3.63) is 35.9 Å².